The van der Waals surface area contributed by atoms with E-state index in [9.17, 15) is 4.79 Å². The zero-order valence-corrected chi connectivity index (χ0v) is 22.0. The molecular weight excluding hydrogens is 456 g/mol. The highest BCUT2D eigenvalue weighted by atomic mass is 16.2. The van der Waals surface area contributed by atoms with Crippen molar-refractivity contribution < 1.29 is 4.79 Å². The van der Waals surface area contributed by atoms with Gasteiger partial charge >= 0.3 is 0 Å². The molecule has 37 heavy (non-hydrogen) atoms. The predicted octanol–water partition coefficient (Wildman–Crippen LogP) is 5.61. The lowest BCUT2D eigenvalue weighted by atomic mass is 9.48. The highest BCUT2D eigenvalue weighted by molar-refractivity contribution is 5.95. The minimum absolute atomic E-state index is 0.0903. The molecule has 1 aromatic heterocycles. The van der Waals surface area contributed by atoms with Crippen molar-refractivity contribution in [3.05, 3.63) is 83.2 Å². The van der Waals surface area contributed by atoms with Crippen LogP contribution in [0.1, 0.15) is 65.7 Å². The average Bonchev–Trinajstić information content (AvgIpc) is 3.37. The zero-order chi connectivity index (χ0) is 25.0. The molecule has 0 atom stereocenters. The first-order valence-electron chi connectivity index (χ1n) is 14.3. The third-order valence-electron chi connectivity index (χ3n) is 9.69. The number of benzene rings is 2. The lowest BCUT2D eigenvalue weighted by molar-refractivity contribution is -0.00793. The van der Waals surface area contributed by atoms with E-state index in [1.165, 1.54) is 49.7 Å². The Hall–Kier alpha value is -2.92. The molecule has 1 amide bonds. The summed E-state index contributed by atoms with van der Waals surface area (Å²) in [7, 11) is 0. The van der Waals surface area contributed by atoms with E-state index in [0.717, 1.165) is 67.4 Å². The second-order valence-electron chi connectivity index (χ2n) is 12.4. The standard InChI is InChI=1S/C32H38N4O/c1-23-7-9-24(10-8-23)21-34-11-13-35(14-12-34)31(37)29-22-36(28-5-3-2-4-6-28)33-30(29)32-18-25-15-26(19-32)17-27(16-25)20-32/h2-10,22,25-27H,11-21H2,1H3. The molecule has 8 rings (SSSR count). The van der Waals surface area contributed by atoms with Crippen molar-refractivity contribution >= 4 is 5.91 Å². The summed E-state index contributed by atoms with van der Waals surface area (Å²) in [4.78, 5) is 18.7. The van der Waals surface area contributed by atoms with Crippen LogP contribution in [0, 0.1) is 24.7 Å². The molecule has 5 aliphatic rings. The Morgan fingerprint density at radius 1 is 0.865 bits per heavy atom. The predicted molar refractivity (Wildman–Crippen MR) is 146 cm³/mol. The van der Waals surface area contributed by atoms with Crippen LogP contribution in [0.25, 0.3) is 5.69 Å². The van der Waals surface area contributed by atoms with E-state index in [4.69, 9.17) is 5.10 Å². The number of carbonyl (C=O) groups is 1. The molecule has 2 heterocycles. The van der Waals surface area contributed by atoms with Crippen LogP contribution in [0.5, 0.6) is 0 Å². The van der Waals surface area contributed by atoms with Crippen LogP contribution in [0.15, 0.2) is 60.8 Å². The number of rotatable bonds is 5. The first-order chi connectivity index (χ1) is 18.0. The van der Waals surface area contributed by atoms with Crippen LogP contribution in [0.4, 0.5) is 0 Å². The maximum absolute atomic E-state index is 14.1. The monoisotopic (exact) mass is 494 g/mol. The van der Waals surface area contributed by atoms with Gasteiger partial charge in [-0.05, 0) is 80.9 Å². The topological polar surface area (TPSA) is 41.4 Å². The van der Waals surface area contributed by atoms with Crippen molar-refractivity contribution in [1.29, 1.82) is 0 Å². The first kappa shape index (κ1) is 23.2. The molecule has 4 aliphatic carbocycles. The van der Waals surface area contributed by atoms with E-state index in [1.807, 2.05) is 16.9 Å². The van der Waals surface area contributed by atoms with Crippen molar-refractivity contribution in [3.63, 3.8) is 0 Å². The van der Waals surface area contributed by atoms with E-state index >= 15 is 0 Å². The van der Waals surface area contributed by atoms with E-state index in [1.54, 1.807) is 0 Å². The van der Waals surface area contributed by atoms with Gasteiger partial charge in [0.2, 0.25) is 0 Å². The normalized spacial score (nSPS) is 29.1. The molecule has 5 nitrogen and oxygen atoms in total. The minimum atomic E-state index is 0.0903. The third kappa shape index (κ3) is 4.31. The maximum atomic E-state index is 14.1. The highest BCUT2D eigenvalue weighted by Gasteiger charge is 2.54. The Kier molecular flexibility index (Phi) is 5.73. The maximum Gasteiger partial charge on any atom is 0.257 e. The van der Waals surface area contributed by atoms with E-state index in [-0.39, 0.29) is 11.3 Å². The van der Waals surface area contributed by atoms with E-state index in [0.29, 0.717) is 0 Å². The lowest BCUT2D eigenvalue weighted by Crippen LogP contribution is -2.51. The van der Waals surface area contributed by atoms with Crippen LogP contribution < -0.4 is 0 Å². The van der Waals surface area contributed by atoms with Crippen molar-refractivity contribution in [1.82, 2.24) is 19.6 Å². The number of aromatic nitrogens is 2. The van der Waals surface area contributed by atoms with Gasteiger partial charge in [-0.2, -0.15) is 5.10 Å². The number of nitrogens with zero attached hydrogens (tertiary/aromatic N) is 4. The quantitative estimate of drug-likeness (QED) is 0.463. The molecule has 4 saturated carbocycles. The smallest absolute Gasteiger partial charge is 0.257 e. The van der Waals surface area contributed by atoms with Crippen LogP contribution >= 0.6 is 0 Å². The summed E-state index contributed by atoms with van der Waals surface area (Å²) < 4.78 is 1.98. The van der Waals surface area contributed by atoms with Gasteiger partial charge in [-0.1, -0.05) is 48.0 Å². The van der Waals surface area contributed by atoms with Gasteiger partial charge in [0.25, 0.3) is 5.91 Å². The second kappa shape index (κ2) is 9.13. The molecule has 5 heteroatoms. The summed E-state index contributed by atoms with van der Waals surface area (Å²) in [6, 6.07) is 19.1. The fraction of sp³-hybridized carbons (Fsp3) is 0.500. The first-order valence-corrected chi connectivity index (χ1v) is 14.3. The Bertz CT molecular complexity index is 1230. The molecule has 0 radical (unpaired) electrons. The Labute approximate surface area is 220 Å². The van der Waals surface area contributed by atoms with Gasteiger partial charge in [-0.15, -0.1) is 0 Å². The van der Waals surface area contributed by atoms with Crippen molar-refractivity contribution in [3.8, 4) is 5.69 Å². The zero-order valence-electron chi connectivity index (χ0n) is 22.0. The summed E-state index contributed by atoms with van der Waals surface area (Å²) in [6.45, 7) is 6.47. The van der Waals surface area contributed by atoms with Gasteiger partial charge in [-0.25, -0.2) is 4.68 Å². The minimum Gasteiger partial charge on any atom is -0.336 e. The van der Waals surface area contributed by atoms with Crippen molar-refractivity contribution in [2.24, 2.45) is 17.8 Å². The summed E-state index contributed by atoms with van der Waals surface area (Å²) in [5.41, 5.74) is 5.73. The number of hydrogen-bond acceptors (Lipinski definition) is 3. The highest BCUT2D eigenvalue weighted by Crippen LogP contribution is 2.61. The van der Waals surface area contributed by atoms with Gasteiger partial charge in [0.05, 0.1) is 16.9 Å². The molecule has 0 spiro atoms. The summed E-state index contributed by atoms with van der Waals surface area (Å²) in [5.74, 6) is 2.65. The van der Waals surface area contributed by atoms with E-state index in [2.05, 4.69) is 65.3 Å². The molecule has 192 valence electrons. The van der Waals surface area contributed by atoms with Gasteiger partial charge in [0.15, 0.2) is 0 Å². The van der Waals surface area contributed by atoms with Gasteiger partial charge in [0.1, 0.15) is 0 Å². The molecule has 2 aromatic carbocycles. The van der Waals surface area contributed by atoms with Gasteiger partial charge in [-0.3, -0.25) is 9.69 Å². The lowest BCUT2D eigenvalue weighted by Gasteiger charge is -2.56. The molecule has 1 saturated heterocycles. The SMILES string of the molecule is Cc1ccc(CN2CCN(C(=O)c3cn(-c4ccccc4)nc3C34CC5CC(CC(C5)C3)C4)CC2)cc1. The molecule has 3 aromatic rings. The largest absolute Gasteiger partial charge is 0.336 e. The van der Waals surface area contributed by atoms with Crippen LogP contribution in [-0.2, 0) is 12.0 Å². The number of hydrogen-bond donors (Lipinski definition) is 0. The summed E-state index contributed by atoms with van der Waals surface area (Å²) >= 11 is 0. The average molecular weight is 495 g/mol. The van der Waals surface area contributed by atoms with E-state index < -0.39 is 0 Å². The molecule has 0 N–H and O–H groups in total. The number of piperazine rings is 1. The Balaban J connectivity index is 1.15. The van der Waals surface area contributed by atoms with Crippen LogP contribution in [0.2, 0.25) is 0 Å². The van der Waals surface area contributed by atoms with Gasteiger partial charge in [0, 0.05) is 44.3 Å². The Morgan fingerprint density at radius 2 is 1.49 bits per heavy atom. The number of aryl methyl sites for hydroxylation is 1. The molecule has 0 unspecified atom stereocenters. The van der Waals surface area contributed by atoms with Crippen molar-refractivity contribution in [2.75, 3.05) is 26.2 Å². The number of para-hydroxylation sites is 1. The number of carbonyl (C=O) groups excluding carboxylic acids is 1. The van der Waals surface area contributed by atoms with Crippen LogP contribution in [0.3, 0.4) is 0 Å². The van der Waals surface area contributed by atoms with Crippen LogP contribution in [-0.4, -0.2) is 51.7 Å². The fourth-order valence-electron chi connectivity index (χ4n) is 8.27. The molecule has 5 fully saturated rings. The molecule has 1 aliphatic heterocycles. The molecular formula is C32H38N4O. The van der Waals surface area contributed by atoms with Gasteiger partial charge < -0.3 is 4.90 Å². The molecule has 4 bridgehead atoms. The number of amides is 1. The van der Waals surface area contributed by atoms with Crippen molar-refractivity contribution in [2.45, 2.75) is 57.4 Å². The Morgan fingerprint density at radius 3 is 2.11 bits per heavy atom. The summed E-state index contributed by atoms with van der Waals surface area (Å²) in [5, 5.41) is 5.22. The fourth-order valence-corrected chi connectivity index (χ4v) is 8.27. The third-order valence-corrected chi connectivity index (χ3v) is 9.69. The second-order valence-corrected chi connectivity index (χ2v) is 12.4. The summed E-state index contributed by atoms with van der Waals surface area (Å²) in [6.07, 6.45) is 9.88.